The maximum atomic E-state index is 9.14. The molecule has 110 valence electrons. The van der Waals surface area contributed by atoms with Crippen LogP contribution in [-0.4, -0.2) is 30.1 Å². The van der Waals surface area contributed by atoms with Crippen molar-refractivity contribution in [3.63, 3.8) is 0 Å². The minimum absolute atomic E-state index is 0.0555. The smallest absolute Gasteiger partial charge is 0.168 e. The topological polar surface area (TPSA) is 94.2 Å². The molecule has 0 saturated heterocycles. The lowest BCUT2D eigenvalue weighted by Gasteiger charge is -2.17. The van der Waals surface area contributed by atoms with Gasteiger partial charge in [0.05, 0.1) is 23.9 Å². The van der Waals surface area contributed by atoms with Gasteiger partial charge in [0.2, 0.25) is 0 Å². The fraction of sp³-hybridized carbons (Fsp3) is 0.0714. The summed E-state index contributed by atoms with van der Waals surface area (Å²) in [5, 5.41) is 12.9. The van der Waals surface area contributed by atoms with E-state index in [4.69, 9.17) is 22.5 Å². The summed E-state index contributed by atoms with van der Waals surface area (Å²) in [5.74, 6) is 0.770. The lowest BCUT2D eigenvalue weighted by atomic mass is 10.1. The van der Waals surface area contributed by atoms with Crippen molar-refractivity contribution in [2.75, 3.05) is 0 Å². The Morgan fingerprint density at radius 3 is 3.09 bits per heavy atom. The van der Waals surface area contributed by atoms with Crippen LogP contribution in [0.4, 0.5) is 0 Å². The Bertz CT molecular complexity index is 896. The van der Waals surface area contributed by atoms with E-state index < -0.39 is 6.04 Å². The third kappa shape index (κ3) is 1.66. The van der Waals surface area contributed by atoms with Crippen LogP contribution >= 0.6 is 11.6 Å². The summed E-state index contributed by atoms with van der Waals surface area (Å²) in [4.78, 5) is 8.60. The largest absolute Gasteiger partial charge is 0.409 e. The van der Waals surface area contributed by atoms with Gasteiger partial charge in [-0.05, 0) is 18.2 Å². The van der Waals surface area contributed by atoms with Crippen LogP contribution in [0.3, 0.4) is 0 Å². The summed E-state index contributed by atoms with van der Waals surface area (Å²) >= 11 is 6.14. The zero-order valence-corrected chi connectivity index (χ0v) is 12.0. The molecule has 7 nitrogen and oxygen atoms in total. The minimum atomic E-state index is -0.504. The van der Waals surface area contributed by atoms with Crippen molar-refractivity contribution in [2.24, 2.45) is 10.9 Å². The molecule has 8 heteroatoms. The van der Waals surface area contributed by atoms with Crippen molar-refractivity contribution in [3.8, 4) is 17.1 Å². The molecule has 1 unspecified atom stereocenters. The zero-order valence-electron chi connectivity index (χ0n) is 11.3. The average molecular weight is 315 g/mol. The van der Waals surface area contributed by atoms with Crippen LogP contribution in [0.2, 0.25) is 5.02 Å². The lowest BCUT2D eigenvalue weighted by Crippen LogP contribution is -2.28. The Hall–Kier alpha value is -2.80. The molecule has 4 rings (SSSR count). The maximum Gasteiger partial charge on any atom is 0.168 e. The number of hydrogen-bond acceptors (Lipinski definition) is 4. The number of aromatic nitrogens is 4. The molecule has 1 aliphatic rings. The molecular formula is C14H11ClN6O. The van der Waals surface area contributed by atoms with Gasteiger partial charge in [0.25, 0.3) is 0 Å². The van der Waals surface area contributed by atoms with Crippen molar-refractivity contribution >= 4 is 17.4 Å². The van der Waals surface area contributed by atoms with Gasteiger partial charge in [-0.3, -0.25) is 4.57 Å². The Labute approximate surface area is 130 Å². The van der Waals surface area contributed by atoms with Crippen molar-refractivity contribution < 1.29 is 5.21 Å². The monoisotopic (exact) mass is 314 g/mol. The summed E-state index contributed by atoms with van der Waals surface area (Å²) in [6.45, 7) is 0. The third-order valence-corrected chi connectivity index (χ3v) is 3.99. The van der Waals surface area contributed by atoms with E-state index in [0.717, 1.165) is 16.9 Å². The molecule has 0 spiro atoms. The molecule has 0 aliphatic carbocycles. The second-order valence-corrected chi connectivity index (χ2v) is 5.37. The number of benzene rings is 1. The molecule has 0 radical (unpaired) electrons. The Morgan fingerprint density at radius 1 is 1.41 bits per heavy atom. The van der Waals surface area contributed by atoms with Crippen LogP contribution in [0.1, 0.15) is 11.7 Å². The normalized spacial score (nSPS) is 16.6. The molecule has 1 aromatic carbocycles. The third-order valence-electron chi connectivity index (χ3n) is 3.75. The first-order chi connectivity index (χ1) is 10.7. The van der Waals surface area contributed by atoms with E-state index in [0.29, 0.717) is 10.8 Å². The SMILES string of the molecule is NC(=NO)C1c2cncn2-c2cc(Cl)ccc2-c2nccn21. The number of hydrogen-bond donors (Lipinski definition) is 2. The quantitative estimate of drug-likeness (QED) is 0.311. The fourth-order valence-corrected chi connectivity index (χ4v) is 2.99. The number of amidine groups is 1. The molecule has 0 fully saturated rings. The van der Waals surface area contributed by atoms with E-state index in [2.05, 4.69) is 15.1 Å². The molecule has 0 saturated carbocycles. The van der Waals surface area contributed by atoms with Crippen LogP contribution in [-0.2, 0) is 0 Å². The van der Waals surface area contributed by atoms with E-state index in [1.54, 1.807) is 31.0 Å². The molecule has 22 heavy (non-hydrogen) atoms. The fourth-order valence-electron chi connectivity index (χ4n) is 2.82. The van der Waals surface area contributed by atoms with Crippen molar-refractivity contribution in [3.05, 3.63) is 53.8 Å². The summed E-state index contributed by atoms with van der Waals surface area (Å²) in [6, 6.07) is 5.04. The Kier molecular flexibility index (Phi) is 2.70. The van der Waals surface area contributed by atoms with Crippen LogP contribution < -0.4 is 5.73 Å². The molecule has 0 bridgehead atoms. The highest BCUT2D eigenvalue weighted by atomic mass is 35.5. The van der Waals surface area contributed by atoms with Crippen molar-refractivity contribution in [2.45, 2.75) is 6.04 Å². The maximum absolute atomic E-state index is 9.14. The molecule has 3 N–H and O–H groups in total. The van der Waals surface area contributed by atoms with E-state index in [1.165, 1.54) is 0 Å². The number of halogens is 1. The molecular weight excluding hydrogens is 304 g/mol. The van der Waals surface area contributed by atoms with Gasteiger partial charge in [-0.15, -0.1) is 0 Å². The van der Waals surface area contributed by atoms with E-state index in [9.17, 15) is 0 Å². The summed E-state index contributed by atoms with van der Waals surface area (Å²) in [7, 11) is 0. The summed E-state index contributed by atoms with van der Waals surface area (Å²) in [5.41, 5.74) is 8.41. The van der Waals surface area contributed by atoms with Gasteiger partial charge in [0.1, 0.15) is 11.9 Å². The number of nitrogens with zero attached hydrogens (tertiary/aromatic N) is 5. The number of fused-ring (bicyclic) bond motifs is 5. The van der Waals surface area contributed by atoms with Crippen molar-refractivity contribution in [1.82, 2.24) is 19.1 Å². The first kappa shape index (κ1) is 12.9. The van der Waals surface area contributed by atoms with Gasteiger partial charge < -0.3 is 15.5 Å². The second-order valence-electron chi connectivity index (χ2n) is 4.94. The number of rotatable bonds is 1. The molecule has 1 aliphatic heterocycles. The Balaban J connectivity index is 2.12. The molecule has 0 amide bonds. The number of imidazole rings is 2. The summed E-state index contributed by atoms with van der Waals surface area (Å²) in [6.07, 6.45) is 6.83. The van der Waals surface area contributed by atoms with Gasteiger partial charge in [0, 0.05) is 23.0 Å². The zero-order chi connectivity index (χ0) is 15.3. The lowest BCUT2D eigenvalue weighted by molar-refractivity contribution is 0.315. The Morgan fingerprint density at radius 2 is 2.27 bits per heavy atom. The van der Waals surface area contributed by atoms with E-state index in [1.807, 2.05) is 21.3 Å². The molecule has 2 aromatic heterocycles. The highest BCUT2D eigenvalue weighted by molar-refractivity contribution is 6.30. The predicted molar refractivity (Wildman–Crippen MR) is 81.3 cm³/mol. The standard InChI is InChI=1S/C14H11ClN6O/c15-8-1-2-9-10(5-8)21-7-17-6-11(21)12(13(16)19-22)20-4-3-18-14(9)20/h1-7,12,22H,(H2,16,19). The van der Waals surface area contributed by atoms with Crippen LogP contribution in [0, 0.1) is 0 Å². The van der Waals surface area contributed by atoms with Gasteiger partial charge in [-0.25, -0.2) is 9.97 Å². The molecule has 3 heterocycles. The van der Waals surface area contributed by atoms with Gasteiger partial charge in [0.15, 0.2) is 5.84 Å². The number of nitrogens with two attached hydrogens (primary N) is 1. The van der Waals surface area contributed by atoms with Gasteiger partial charge >= 0.3 is 0 Å². The van der Waals surface area contributed by atoms with Gasteiger partial charge in [-0.1, -0.05) is 16.8 Å². The van der Waals surface area contributed by atoms with E-state index in [-0.39, 0.29) is 5.84 Å². The highest BCUT2D eigenvalue weighted by Gasteiger charge is 2.30. The first-order valence-electron chi connectivity index (χ1n) is 6.53. The van der Waals surface area contributed by atoms with Crippen LogP contribution in [0.25, 0.3) is 17.1 Å². The highest BCUT2D eigenvalue weighted by Crippen LogP contribution is 2.36. The van der Waals surface area contributed by atoms with Crippen LogP contribution in [0.5, 0.6) is 0 Å². The summed E-state index contributed by atoms with van der Waals surface area (Å²) < 4.78 is 3.72. The molecule has 3 aromatic rings. The average Bonchev–Trinajstić information content (AvgIpc) is 3.16. The van der Waals surface area contributed by atoms with Crippen LogP contribution in [0.15, 0.2) is 48.3 Å². The van der Waals surface area contributed by atoms with E-state index >= 15 is 0 Å². The predicted octanol–water partition coefficient (Wildman–Crippen LogP) is 2.04. The first-order valence-corrected chi connectivity index (χ1v) is 6.91. The van der Waals surface area contributed by atoms with Gasteiger partial charge in [-0.2, -0.15) is 0 Å². The van der Waals surface area contributed by atoms with Crippen molar-refractivity contribution in [1.29, 1.82) is 0 Å². The molecule has 1 atom stereocenters. The number of oxime groups is 1. The second kappa shape index (κ2) is 4.60. The minimum Gasteiger partial charge on any atom is -0.409 e.